The van der Waals surface area contributed by atoms with E-state index in [2.05, 4.69) is 10.3 Å². The van der Waals surface area contributed by atoms with E-state index in [1.807, 2.05) is 24.0 Å². The van der Waals surface area contributed by atoms with Crippen molar-refractivity contribution in [3.05, 3.63) is 29.1 Å². The number of anilines is 1. The minimum absolute atomic E-state index is 0.0923. The summed E-state index contributed by atoms with van der Waals surface area (Å²) in [6, 6.07) is 3.74. The summed E-state index contributed by atoms with van der Waals surface area (Å²) in [5.74, 6) is 0.765. The van der Waals surface area contributed by atoms with Gasteiger partial charge in [-0.05, 0) is 31.4 Å². The SMILES string of the molecule is CC(=O)Nc1nc(C)c(-c2ccc3c(n2)CN(CCC2CC2)C3=O)s1. The molecular formula is C18H20N4O2S. The summed E-state index contributed by atoms with van der Waals surface area (Å²) in [5.41, 5.74) is 3.19. The molecule has 3 heterocycles. The van der Waals surface area contributed by atoms with Crippen LogP contribution in [-0.4, -0.2) is 33.2 Å². The van der Waals surface area contributed by atoms with Crippen LogP contribution in [-0.2, 0) is 11.3 Å². The maximum atomic E-state index is 12.5. The van der Waals surface area contributed by atoms with Crippen molar-refractivity contribution < 1.29 is 9.59 Å². The third kappa shape index (κ3) is 3.28. The Hall–Kier alpha value is -2.28. The summed E-state index contributed by atoms with van der Waals surface area (Å²) in [6.07, 6.45) is 3.71. The Morgan fingerprint density at radius 1 is 1.36 bits per heavy atom. The van der Waals surface area contributed by atoms with E-state index in [0.717, 1.165) is 40.8 Å². The minimum atomic E-state index is -0.140. The van der Waals surface area contributed by atoms with Gasteiger partial charge in [-0.1, -0.05) is 24.2 Å². The summed E-state index contributed by atoms with van der Waals surface area (Å²) >= 11 is 1.41. The molecule has 2 amide bonds. The Morgan fingerprint density at radius 2 is 2.16 bits per heavy atom. The Kier molecular flexibility index (Phi) is 4.03. The maximum Gasteiger partial charge on any atom is 0.256 e. The number of hydrogen-bond acceptors (Lipinski definition) is 5. The van der Waals surface area contributed by atoms with E-state index < -0.39 is 0 Å². The minimum Gasteiger partial charge on any atom is -0.333 e. The van der Waals surface area contributed by atoms with E-state index in [-0.39, 0.29) is 11.8 Å². The van der Waals surface area contributed by atoms with Crippen molar-refractivity contribution in [2.75, 3.05) is 11.9 Å². The first-order valence-corrected chi connectivity index (χ1v) is 9.37. The molecule has 25 heavy (non-hydrogen) atoms. The lowest BCUT2D eigenvalue weighted by atomic mass is 10.2. The zero-order valence-corrected chi connectivity index (χ0v) is 15.2. The van der Waals surface area contributed by atoms with Crippen LogP contribution in [0.25, 0.3) is 10.6 Å². The summed E-state index contributed by atoms with van der Waals surface area (Å²) in [5, 5.41) is 3.29. The lowest BCUT2D eigenvalue weighted by Gasteiger charge is -2.14. The molecule has 1 aliphatic heterocycles. The van der Waals surface area contributed by atoms with Crippen LogP contribution in [0.4, 0.5) is 5.13 Å². The third-order valence-corrected chi connectivity index (χ3v) is 5.74. The molecule has 1 N–H and O–H groups in total. The second kappa shape index (κ2) is 6.22. The number of fused-ring (bicyclic) bond motifs is 1. The molecule has 0 unspecified atom stereocenters. The van der Waals surface area contributed by atoms with E-state index >= 15 is 0 Å². The van der Waals surface area contributed by atoms with Crippen LogP contribution in [0.15, 0.2) is 12.1 Å². The Morgan fingerprint density at radius 3 is 2.88 bits per heavy atom. The number of pyridine rings is 1. The Labute approximate surface area is 150 Å². The predicted octanol–water partition coefficient (Wildman–Crippen LogP) is 3.23. The number of carbonyl (C=O) groups excluding carboxylic acids is 2. The molecule has 6 nitrogen and oxygen atoms in total. The first-order valence-electron chi connectivity index (χ1n) is 8.56. The van der Waals surface area contributed by atoms with Crippen molar-refractivity contribution >= 4 is 28.3 Å². The molecule has 0 bridgehead atoms. The maximum absolute atomic E-state index is 12.5. The van der Waals surface area contributed by atoms with Crippen LogP contribution in [0.1, 0.15) is 47.9 Å². The van der Waals surface area contributed by atoms with Gasteiger partial charge in [0.15, 0.2) is 5.13 Å². The monoisotopic (exact) mass is 356 g/mol. The molecule has 130 valence electrons. The van der Waals surface area contributed by atoms with Crippen LogP contribution >= 0.6 is 11.3 Å². The number of aromatic nitrogens is 2. The van der Waals surface area contributed by atoms with E-state index in [0.29, 0.717) is 17.2 Å². The number of thiazole rings is 1. The lowest BCUT2D eigenvalue weighted by molar-refractivity contribution is -0.114. The van der Waals surface area contributed by atoms with Gasteiger partial charge >= 0.3 is 0 Å². The van der Waals surface area contributed by atoms with Crippen molar-refractivity contribution in [1.82, 2.24) is 14.9 Å². The van der Waals surface area contributed by atoms with Crippen molar-refractivity contribution in [3.63, 3.8) is 0 Å². The second-order valence-electron chi connectivity index (χ2n) is 6.76. The molecule has 1 fully saturated rings. The van der Waals surface area contributed by atoms with Gasteiger partial charge in [-0.3, -0.25) is 9.59 Å². The quantitative estimate of drug-likeness (QED) is 0.892. The van der Waals surface area contributed by atoms with Gasteiger partial charge in [0.1, 0.15) is 0 Å². The highest BCUT2D eigenvalue weighted by molar-refractivity contribution is 7.19. The summed E-state index contributed by atoms with van der Waals surface area (Å²) < 4.78 is 0. The van der Waals surface area contributed by atoms with Crippen molar-refractivity contribution in [1.29, 1.82) is 0 Å². The molecule has 1 saturated carbocycles. The largest absolute Gasteiger partial charge is 0.333 e. The smallest absolute Gasteiger partial charge is 0.256 e. The Balaban J connectivity index is 1.56. The highest BCUT2D eigenvalue weighted by Crippen LogP contribution is 2.35. The number of amides is 2. The van der Waals surface area contributed by atoms with Crippen LogP contribution in [0.2, 0.25) is 0 Å². The van der Waals surface area contributed by atoms with Crippen LogP contribution < -0.4 is 5.32 Å². The van der Waals surface area contributed by atoms with Gasteiger partial charge < -0.3 is 10.2 Å². The molecular weight excluding hydrogens is 336 g/mol. The van der Waals surface area contributed by atoms with Crippen molar-refractivity contribution in [2.24, 2.45) is 5.92 Å². The predicted molar refractivity (Wildman–Crippen MR) is 96.5 cm³/mol. The molecule has 0 radical (unpaired) electrons. The van der Waals surface area contributed by atoms with Gasteiger partial charge in [0.05, 0.1) is 34.1 Å². The number of carbonyl (C=O) groups is 2. The molecule has 1 aliphatic carbocycles. The normalized spacial score (nSPS) is 16.2. The van der Waals surface area contributed by atoms with E-state index in [1.165, 1.54) is 31.1 Å². The standard InChI is InChI=1S/C18H20N4O2S/c1-10-16(25-18(19-10)20-11(2)23)14-6-5-13-15(21-14)9-22(17(13)24)8-7-12-3-4-12/h5-6,12H,3-4,7-9H2,1-2H3,(H,19,20,23). The zero-order valence-electron chi connectivity index (χ0n) is 14.3. The van der Waals surface area contributed by atoms with Gasteiger partial charge in [-0.25, -0.2) is 9.97 Å². The molecule has 0 atom stereocenters. The molecule has 0 spiro atoms. The van der Waals surface area contributed by atoms with Gasteiger partial charge in [0.2, 0.25) is 5.91 Å². The fourth-order valence-corrected chi connectivity index (χ4v) is 4.11. The molecule has 0 aromatic carbocycles. The molecule has 2 aliphatic rings. The summed E-state index contributed by atoms with van der Waals surface area (Å²) in [4.78, 5) is 35.6. The highest BCUT2D eigenvalue weighted by atomic mass is 32.1. The van der Waals surface area contributed by atoms with Crippen molar-refractivity contribution in [3.8, 4) is 10.6 Å². The number of rotatable bonds is 5. The van der Waals surface area contributed by atoms with E-state index in [4.69, 9.17) is 4.98 Å². The second-order valence-corrected chi connectivity index (χ2v) is 7.76. The molecule has 2 aromatic rings. The van der Waals surface area contributed by atoms with Gasteiger partial charge in [-0.15, -0.1) is 0 Å². The fourth-order valence-electron chi connectivity index (χ4n) is 3.13. The number of hydrogen-bond donors (Lipinski definition) is 1. The molecule has 4 rings (SSSR count). The fraction of sp³-hybridized carbons (Fsp3) is 0.444. The lowest BCUT2D eigenvalue weighted by Crippen LogP contribution is -2.25. The zero-order chi connectivity index (χ0) is 17.6. The number of nitrogens with zero attached hydrogens (tertiary/aromatic N) is 3. The van der Waals surface area contributed by atoms with E-state index in [9.17, 15) is 9.59 Å². The first kappa shape index (κ1) is 16.2. The van der Waals surface area contributed by atoms with Crippen molar-refractivity contribution in [2.45, 2.75) is 39.7 Å². The number of aryl methyl sites for hydroxylation is 1. The van der Waals surface area contributed by atoms with Gasteiger partial charge in [0.25, 0.3) is 5.91 Å². The Bertz CT molecular complexity index is 857. The van der Waals surface area contributed by atoms with Gasteiger partial charge in [0, 0.05) is 13.5 Å². The topological polar surface area (TPSA) is 75.2 Å². The highest BCUT2D eigenvalue weighted by Gasteiger charge is 2.31. The molecule has 0 saturated heterocycles. The summed E-state index contributed by atoms with van der Waals surface area (Å²) in [6.45, 7) is 4.78. The number of nitrogens with one attached hydrogen (secondary N) is 1. The van der Waals surface area contributed by atoms with Crippen LogP contribution in [0.5, 0.6) is 0 Å². The average Bonchev–Trinajstić information content (AvgIpc) is 3.25. The molecule has 2 aromatic heterocycles. The molecule has 7 heteroatoms. The van der Waals surface area contributed by atoms with E-state index in [1.54, 1.807) is 0 Å². The van der Waals surface area contributed by atoms with Crippen LogP contribution in [0.3, 0.4) is 0 Å². The first-order chi connectivity index (χ1) is 12.0. The van der Waals surface area contributed by atoms with Crippen LogP contribution in [0, 0.1) is 12.8 Å². The average molecular weight is 356 g/mol. The summed E-state index contributed by atoms with van der Waals surface area (Å²) in [7, 11) is 0. The van der Waals surface area contributed by atoms with Gasteiger partial charge in [-0.2, -0.15) is 0 Å². The third-order valence-electron chi connectivity index (χ3n) is 4.65.